The predicted octanol–water partition coefficient (Wildman–Crippen LogP) is 2.56. The van der Waals surface area contributed by atoms with E-state index in [0.29, 0.717) is 6.04 Å². The van der Waals surface area contributed by atoms with Gasteiger partial charge in [-0.1, -0.05) is 0 Å². The summed E-state index contributed by atoms with van der Waals surface area (Å²) in [4.78, 5) is 12.7. The minimum Gasteiger partial charge on any atom is -0.326 e. The molecule has 4 heteroatoms. The number of nitrogens with zero attached hydrogens (tertiary/aromatic N) is 1. The van der Waals surface area contributed by atoms with Crippen molar-refractivity contribution in [3.05, 3.63) is 0 Å². The predicted molar refractivity (Wildman–Crippen MR) is 54.0 cm³/mol. The van der Waals surface area contributed by atoms with Crippen LogP contribution in [0.1, 0.15) is 19.8 Å². The molecule has 0 saturated carbocycles. The first kappa shape index (κ1) is 10.2. The second-order valence-electron chi connectivity index (χ2n) is 2.88. The van der Waals surface area contributed by atoms with Gasteiger partial charge in [0.2, 0.25) is 0 Å². The van der Waals surface area contributed by atoms with Crippen LogP contribution in [0.25, 0.3) is 0 Å². The number of halogens is 1. The highest BCUT2D eigenvalue weighted by Gasteiger charge is 2.22. The number of hydrogen-bond donors (Lipinski definition) is 0. The molecule has 0 unspecified atom stereocenters. The SMILES string of the molecule is CCN(C(=O)Cl)C1CCSCC1. The fourth-order valence-corrected chi connectivity index (χ4v) is 2.86. The molecule has 0 spiro atoms. The summed E-state index contributed by atoms with van der Waals surface area (Å²) in [5.74, 6) is 2.32. The van der Waals surface area contributed by atoms with E-state index in [1.807, 2.05) is 18.7 Å². The van der Waals surface area contributed by atoms with E-state index < -0.39 is 0 Å². The minimum atomic E-state index is -0.297. The lowest BCUT2D eigenvalue weighted by molar-refractivity contribution is 0.197. The van der Waals surface area contributed by atoms with Crippen molar-refractivity contribution < 1.29 is 4.79 Å². The van der Waals surface area contributed by atoms with E-state index in [4.69, 9.17) is 11.6 Å². The highest BCUT2D eigenvalue weighted by molar-refractivity contribution is 7.99. The third kappa shape index (κ3) is 2.56. The van der Waals surface area contributed by atoms with Crippen molar-refractivity contribution >= 4 is 28.7 Å². The molecule has 1 saturated heterocycles. The van der Waals surface area contributed by atoms with Gasteiger partial charge in [-0.05, 0) is 42.9 Å². The van der Waals surface area contributed by atoms with Crippen molar-refractivity contribution in [2.75, 3.05) is 18.1 Å². The maximum Gasteiger partial charge on any atom is 0.316 e. The summed E-state index contributed by atoms with van der Waals surface area (Å²) in [6.07, 6.45) is 2.19. The lowest BCUT2D eigenvalue weighted by Gasteiger charge is -2.31. The number of amides is 1. The van der Waals surface area contributed by atoms with E-state index >= 15 is 0 Å². The maximum absolute atomic E-state index is 11.0. The molecule has 0 aromatic carbocycles. The Morgan fingerprint density at radius 3 is 2.58 bits per heavy atom. The molecule has 0 N–H and O–H groups in total. The summed E-state index contributed by atoms with van der Waals surface area (Å²) in [5.41, 5.74) is 0. The van der Waals surface area contributed by atoms with Crippen molar-refractivity contribution in [3.8, 4) is 0 Å². The van der Waals surface area contributed by atoms with Gasteiger partial charge >= 0.3 is 5.37 Å². The quantitative estimate of drug-likeness (QED) is 0.513. The van der Waals surface area contributed by atoms with Crippen LogP contribution in [-0.2, 0) is 0 Å². The Labute approximate surface area is 82.6 Å². The summed E-state index contributed by atoms with van der Waals surface area (Å²) in [5, 5.41) is -0.297. The second kappa shape index (κ2) is 4.97. The molecule has 0 aliphatic carbocycles. The van der Waals surface area contributed by atoms with Gasteiger partial charge in [0, 0.05) is 12.6 Å². The summed E-state index contributed by atoms with van der Waals surface area (Å²) in [7, 11) is 0. The molecule has 1 rings (SSSR count). The van der Waals surface area contributed by atoms with Gasteiger partial charge in [0.1, 0.15) is 0 Å². The largest absolute Gasteiger partial charge is 0.326 e. The molecule has 1 aliphatic rings. The zero-order valence-corrected chi connectivity index (χ0v) is 8.83. The van der Waals surface area contributed by atoms with Gasteiger partial charge in [0.15, 0.2) is 0 Å². The van der Waals surface area contributed by atoms with Crippen LogP contribution in [0.4, 0.5) is 4.79 Å². The van der Waals surface area contributed by atoms with Gasteiger partial charge < -0.3 is 4.90 Å². The van der Waals surface area contributed by atoms with Crippen LogP contribution < -0.4 is 0 Å². The van der Waals surface area contributed by atoms with Crippen molar-refractivity contribution in [3.63, 3.8) is 0 Å². The zero-order chi connectivity index (χ0) is 8.97. The van der Waals surface area contributed by atoms with Crippen molar-refractivity contribution in [2.24, 2.45) is 0 Å². The molecule has 0 aromatic rings. The van der Waals surface area contributed by atoms with Crippen molar-refractivity contribution in [1.82, 2.24) is 4.90 Å². The van der Waals surface area contributed by atoms with E-state index in [2.05, 4.69) is 0 Å². The summed E-state index contributed by atoms with van der Waals surface area (Å²) < 4.78 is 0. The van der Waals surface area contributed by atoms with Gasteiger partial charge in [0.05, 0.1) is 0 Å². The number of thioether (sulfide) groups is 1. The number of carbonyl (C=O) groups excluding carboxylic acids is 1. The Kier molecular flexibility index (Phi) is 4.22. The van der Waals surface area contributed by atoms with E-state index in [1.54, 1.807) is 4.90 Å². The topological polar surface area (TPSA) is 20.3 Å². The Morgan fingerprint density at radius 2 is 2.17 bits per heavy atom. The smallest absolute Gasteiger partial charge is 0.316 e. The summed E-state index contributed by atoms with van der Waals surface area (Å²) in [6.45, 7) is 2.71. The van der Waals surface area contributed by atoms with Crippen LogP contribution in [0.3, 0.4) is 0 Å². The Balaban J connectivity index is 2.46. The molecule has 0 radical (unpaired) electrons. The Morgan fingerprint density at radius 1 is 1.58 bits per heavy atom. The first-order chi connectivity index (χ1) is 5.75. The Hall–Kier alpha value is 0.110. The third-order valence-electron chi connectivity index (χ3n) is 2.20. The van der Waals surface area contributed by atoms with Crippen LogP contribution in [0.2, 0.25) is 0 Å². The molecule has 1 fully saturated rings. The zero-order valence-electron chi connectivity index (χ0n) is 7.25. The van der Waals surface area contributed by atoms with Gasteiger partial charge in [-0.3, -0.25) is 4.79 Å². The number of hydrogen-bond acceptors (Lipinski definition) is 2. The van der Waals surface area contributed by atoms with Gasteiger partial charge in [0.25, 0.3) is 0 Å². The molecule has 0 bridgehead atoms. The van der Waals surface area contributed by atoms with E-state index in [-0.39, 0.29) is 5.37 Å². The van der Waals surface area contributed by atoms with Crippen LogP contribution >= 0.6 is 23.4 Å². The highest BCUT2D eigenvalue weighted by atomic mass is 35.5. The summed E-state index contributed by atoms with van der Waals surface area (Å²) >= 11 is 7.41. The molecule has 2 nitrogen and oxygen atoms in total. The molecule has 0 aromatic heterocycles. The van der Waals surface area contributed by atoms with Gasteiger partial charge in [-0.2, -0.15) is 11.8 Å². The molecule has 0 atom stereocenters. The normalized spacial score (nSPS) is 19.2. The molecule has 1 heterocycles. The van der Waals surface area contributed by atoms with Crippen molar-refractivity contribution in [1.29, 1.82) is 0 Å². The van der Waals surface area contributed by atoms with Crippen LogP contribution in [0, 0.1) is 0 Å². The van der Waals surface area contributed by atoms with Crippen molar-refractivity contribution in [2.45, 2.75) is 25.8 Å². The highest BCUT2D eigenvalue weighted by Crippen LogP contribution is 2.22. The standard InChI is InChI=1S/C8H14ClNOS/c1-2-10(8(9)11)7-3-5-12-6-4-7/h7H,2-6H2,1H3. The monoisotopic (exact) mass is 207 g/mol. The van der Waals surface area contributed by atoms with Crippen LogP contribution in [0.5, 0.6) is 0 Å². The Bertz CT molecular complexity index is 159. The molecular formula is C8H14ClNOS. The molecule has 70 valence electrons. The fourth-order valence-electron chi connectivity index (χ4n) is 1.52. The minimum absolute atomic E-state index is 0.297. The lowest BCUT2D eigenvalue weighted by Crippen LogP contribution is -2.39. The molecule has 1 amide bonds. The molecule has 1 aliphatic heterocycles. The van der Waals surface area contributed by atoms with E-state index in [1.165, 1.54) is 0 Å². The van der Waals surface area contributed by atoms with E-state index in [9.17, 15) is 4.79 Å². The van der Waals surface area contributed by atoms with E-state index in [0.717, 1.165) is 30.9 Å². The van der Waals surface area contributed by atoms with Crippen LogP contribution in [0.15, 0.2) is 0 Å². The molecule has 12 heavy (non-hydrogen) atoms. The van der Waals surface area contributed by atoms with Gasteiger partial charge in [-0.15, -0.1) is 0 Å². The number of rotatable bonds is 2. The van der Waals surface area contributed by atoms with Crippen LogP contribution in [-0.4, -0.2) is 34.4 Å². The molecular weight excluding hydrogens is 194 g/mol. The summed E-state index contributed by atoms with van der Waals surface area (Å²) in [6, 6.07) is 0.390. The fraction of sp³-hybridized carbons (Fsp3) is 0.875. The number of carbonyl (C=O) groups is 1. The third-order valence-corrected chi connectivity index (χ3v) is 3.46. The second-order valence-corrected chi connectivity index (χ2v) is 4.43. The average Bonchev–Trinajstić information content (AvgIpc) is 2.07. The first-order valence-electron chi connectivity index (χ1n) is 4.29. The lowest BCUT2D eigenvalue weighted by atomic mass is 10.1. The van der Waals surface area contributed by atoms with Gasteiger partial charge in [-0.25, -0.2) is 0 Å². The maximum atomic E-state index is 11.0. The first-order valence-corrected chi connectivity index (χ1v) is 5.82. The average molecular weight is 208 g/mol.